The van der Waals surface area contributed by atoms with Crippen molar-refractivity contribution >= 4 is 0 Å². The average Bonchev–Trinajstić information content (AvgIpc) is 2.55. The van der Waals surface area contributed by atoms with Gasteiger partial charge in [-0.1, -0.05) is 30.3 Å². The van der Waals surface area contributed by atoms with Gasteiger partial charge in [-0.15, -0.1) is 0 Å². The Morgan fingerprint density at radius 2 is 2.14 bits per heavy atom. The summed E-state index contributed by atoms with van der Waals surface area (Å²) in [5, 5.41) is 24.2. The Balaban J connectivity index is 2.23. The third-order valence-electron chi connectivity index (χ3n) is 3.94. The number of nitriles is 1. The van der Waals surface area contributed by atoms with Gasteiger partial charge in [-0.3, -0.25) is 10.1 Å². The first kappa shape index (κ1) is 13.9. The van der Waals surface area contributed by atoms with Crippen LogP contribution < -0.4 is 11.1 Å². The molecule has 1 saturated heterocycles. The van der Waals surface area contributed by atoms with Crippen LogP contribution in [0.25, 0.3) is 0 Å². The molecule has 112 valence electrons. The van der Waals surface area contributed by atoms with Gasteiger partial charge in [-0.2, -0.15) is 5.26 Å². The summed E-state index contributed by atoms with van der Waals surface area (Å²) < 4.78 is 0. The van der Waals surface area contributed by atoms with Crippen molar-refractivity contribution in [1.82, 2.24) is 10.2 Å². The molecule has 2 aliphatic rings. The number of nitrogens with one attached hydrogen (secondary N) is 1. The minimum absolute atomic E-state index is 0.0170. The molecule has 1 aromatic carbocycles. The van der Waals surface area contributed by atoms with Crippen LogP contribution in [-0.2, 0) is 0 Å². The number of rotatable bonds is 2. The molecule has 0 aromatic heterocycles. The van der Waals surface area contributed by atoms with Gasteiger partial charge in [0.1, 0.15) is 11.7 Å². The van der Waals surface area contributed by atoms with Crippen LogP contribution in [0.15, 0.2) is 53.2 Å². The van der Waals surface area contributed by atoms with Crippen molar-refractivity contribution in [3.63, 3.8) is 0 Å². The minimum Gasteiger partial charge on any atom is -0.384 e. The van der Waals surface area contributed by atoms with Gasteiger partial charge in [-0.25, -0.2) is 0 Å². The Labute approximate surface area is 127 Å². The van der Waals surface area contributed by atoms with Crippen LogP contribution in [0.1, 0.15) is 17.9 Å². The fourth-order valence-electron chi connectivity index (χ4n) is 2.97. The topological polar surface area (TPSA) is 108 Å². The molecule has 0 radical (unpaired) electrons. The lowest BCUT2D eigenvalue weighted by molar-refractivity contribution is -0.432. The third-order valence-corrected chi connectivity index (χ3v) is 3.94. The molecule has 2 aliphatic heterocycles. The molecule has 22 heavy (non-hydrogen) atoms. The van der Waals surface area contributed by atoms with Crippen LogP contribution in [0.5, 0.6) is 0 Å². The van der Waals surface area contributed by atoms with Gasteiger partial charge in [0.15, 0.2) is 5.82 Å². The van der Waals surface area contributed by atoms with E-state index in [1.54, 1.807) is 29.2 Å². The summed E-state index contributed by atoms with van der Waals surface area (Å²) in [7, 11) is 0. The van der Waals surface area contributed by atoms with E-state index < -0.39 is 10.8 Å². The number of nitro groups is 1. The minimum atomic E-state index is -0.752. The first-order valence-corrected chi connectivity index (χ1v) is 6.99. The number of fused-ring (bicyclic) bond motifs is 1. The van der Waals surface area contributed by atoms with Gasteiger partial charge in [0.05, 0.1) is 16.6 Å². The molecule has 7 heteroatoms. The van der Waals surface area contributed by atoms with E-state index >= 15 is 0 Å². The van der Waals surface area contributed by atoms with Crippen molar-refractivity contribution < 1.29 is 4.92 Å². The first-order valence-electron chi connectivity index (χ1n) is 6.99. The molecular weight excluding hydrogens is 282 g/mol. The highest BCUT2D eigenvalue weighted by Gasteiger charge is 2.43. The summed E-state index contributed by atoms with van der Waals surface area (Å²) >= 11 is 0. The number of hydrogen-bond acceptors (Lipinski definition) is 6. The second kappa shape index (κ2) is 5.41. The molecule has 0 saturated carbocycles. The number of nitrogens with two attached hydrogens (primary N) is 1. The molecule has 0 spiro atoms. The third kappa shape index (κ3) is 2.05. The van der Waals surface area contributed by atoms with Crippen LogP contribution >= 0.6 is 0 Å². The van der Waals surface area contributed by atoms with E-state index in [4.69, 9.17) is 5.73 Å². The summed E-state index contributed by atoms with van der Waals surface area (Å²) in [6.45, 7) is 1.22. The van der Waals surface area contributed by atoms with Crippen molar-refractivity contribution in [2.24, 2.45) is 5.73 Å². The second-order valence-corrected chi connectivity index (χ2v) is 5.18. The summed E-state index contributed by atoms with van der Waals surface area (Å²) in [5.41, 5.74) is 7.02. The molecule has 0 bridgehead atoms. The summed E-state index contributed by atoms with van der Waals surface area (Å²) in [6.07, 6.45) is 0.809. The quantitative estimate of drug-likeness (QED) is 0.627. The van der Waals surface area contributed by atoms with E-state index in [2.05, 4.69) is 11.4 Å². The normalized spacial score (nSPS) is 21.0. The van der Waals surface area contributed by atoms with Crippen LogP contribution in [0.3, 0.4) is 0 Å². The molecule has 7 nitrogen and oxygen atoms in total. The molecular formula is C15H15N5O2. The van der Waals surface area contributed by atoms with Gasteiger partial charge >= 0.3 is 0 Å². The molecule has 1 unspecified atom stereocenters. The second-order valence-electron chi connectivity index (χ2n) is 5.18. The summed E-state index contributed by atoms with van der Waals surface area (Å²) in [4.78, 5) is 12.9. The highest BCUT2D eigenvalue weighted by atomic mass is 16.6. The van der Waals surface area contributed by atoms with Gasteiger partial charge in [-0.05, 0) is 12.0 Å². The van der Waals surface area contributed by atoms with Crippen LogP contribution in [0, 0.1) is 21.4 Å². The van der Waals surface area contributed by atoms with Gasteiger partial charge < -0.3 is 16.0 Å². The number of allylic oxidation sites excluding steroid dienone is 1. The fraction of sp³-hybridized carbons (Fsp3) is 0.267. The molecule has 3 rings (SSSR count). The lowest BCUT2D eigenvalue weighted by Crippen LogP contribution is -2.46. The van der Waals surface area contributed by atoms with Gasteiger partial charge in [0.2, 0.25) is 0 Å². The van der Waals surface area contributed by atoms with Crippen molar-refractivity contribution in [2.75, 3.05) is 13.1 Å². The molecule has 1 atom stereocenters. The summed E-state index contributed by atoms with van der Waals surface area (Å²) in [6, 6.07) is 11.0. The maximum Gasteiger partial charge on any atom is 0.299 e. The Morgan fingerprint density at radius 3 is 2.77 bits per heavy atom. The van der Waals surface area contributed by atoms with E-state index in [9.17, 15) is 15.4 Å². The van der Waals surface area contributed by atoms with Crippen LogP contribution in [-0.4, -0.2) is 22.9 Å². The van der Waals surface area contributed by atoms with E-state index in [1.165, 1.54) is 0 Å². The molecule has 3 N–H and O–H groups in total. The lowest BCUT2D eigenvalue weighted by Gasteiger charge is -2.37. The van der Waals surface area contributed by atoms with Crippen LogP contribution in [0.4, 0.5) is 0 Å². The highest BCUT2D eigenvalue weighted by molar-refractivity contribution is 5.49. The van der Waals surface area contributed by atoms with E-state index in [-0.39, 0.29) is 11.3 Å². The Morgan fingerprint density at radius 1 is 1.41 bits per heavy atom. The summed E-state index contributed by atoms with van der Waals surface area (Å²) in [5.74, 6) is -0.0520. The van der Waals surface area contributed by atoms with E-state index in [0.29, 0.717) is 30.3 Å². The molecule has 0 amide bonds. The van der Waals surface area contributed by atoms with E-state index in [0.717, 1.165) is 6.42 Å². The maximum absolute atomic E-state index is 11.7. The van der Waals surface area contributed by atoms with E-state index in [1.807, 2.05) is 6.07 Å². The molecule has 2 heterocycles. The van der Waals surface area contributed by atoms with Gasteiger partial charge in [0.25, 0.3) is 5.70 Å². The average molecular weight is 297 g/mol. The van der Waals surface area contributed by atoms with Crippen LogP contribution in [0.2, 0.25) is 0 Å². The lowest BCUT2D eigenvalue weighted by atomic mass is 9.86. The number of hydrogen-bond donors (Lipinski definition) is 2. The zero-order valence-corrected chi connectivity index (χ0v) is 11.8. The Bertz CT molecular complexity index is 717. The standard InChI is InChI=1S/C15H15N5O2/c16-9-11-12(10-5-2-1-3-6-10)13(20(21)22)15-18-7-4-8-19(15)14(11)17/h1-3,5-6,12,18H,4,7-8,17H2. The smallest absolute Gasteiger partial charge is 0.299 e. The molecule has 1 aromatic rings. The molecule has 1 fully saturated rings. The first-order chi connectivity index (χ1) is 10.6. The largest absolute Gasteiger partial charge is 0.384 e. The van der Waals surface area contributed by atoms with Crippen molar-refractivity contribution in [2.45, 2.75) is 12.3 Å². The van der Waals surface area contributed by atoms with Crippen molar-refractivity contribution in [1.29, 1.82) is 5.26 Å². The Hall–Kier alpha value is -3.01. The zero-order chi connectivity index (χ0) is 15.7. The highest BCUT2D eigenvalue weighted by Crippen LogP contribution is 2.40. The predicted octanol–water partition coefficient (Wildman–Crippen LogP) is 1.22. The SMILES string of the molecule is N#CC1=C(N)N2CCCNC2=C([N+](=O)[O-])C1c1ccccc1. The fourth-order valence-corrected chi connectivity index (χ4v) is 2.97. The number of nitrogens with zero attached hydrogens (tertiary/aromatic N) is 3. The predicted molar refractivity (Wildman–Crippen MR) is 79.4 cm³/mol. The van der Waals surface area contributed by atoms with Gasteiger partial charge in [0, 0.05) is 13.1 Å². The molecule has 0 aliphatic carbocycles. The monoisotopic (exact) mass is 297 g/mol. The Kier molecular flexibility index (Phi) is 3.43. The zero-order valence-electron chi connectivity index (χ0n) is 11.8. The maximum atomic E-state index is 11.7. The van der Waals surface area contributed by atoms with Crippen molar-refractivity contribution in [3.05, 3.63) is 68.9 Å². The van der Waals surface area contributed by atoms with Crippen molar-refractivity contribution in [3.8, 4) is 6.07 Å². The number of benzene rings is 1.